The molecule has 12 nitrogen and oxygen atoms in total. The lowest BCUT2D eigenvalue weighted by Crippen LogP contribution is -2.49. The van der Waals surface area contributed by atoms with Crippen molar-refractivity contribution in [2.45, 2.75) is 89.8 Å². The summed E-state index contributed by atoms with van der Waals surface area (Å²) in [6.07, 6.45) is -2.39. The van der Waals surface area contributed by atoms with Gasteiger partial charge in [-0.15, -0.1) is 0 Å². The Labute approximate surface area is 317 Å². The highest BCUT2D eigenvalue weighted by atomic mass is 28.4. The zero-order valence-electron chi connectivity index (χ0n) is 32.4. The number of aliphatic hydroxyl groups excluding tert-OH is 1. The van der Waals surface area contributed by atoms with Gasteiger partial charge in [0.05, 0.1) is 20.0 Å². The highest BCUT2D eigenvalue weighted by Gasteiger charge is 2.52. The van der Waals surface area contributed by atoms with Crippen LogP contribution in [0.25, 0.3) is 11.2 Å². The number of carbonyl (C=O) groups excluding carboxylic acids is 1. The number of rotatable bonds is 12. The number of ether oxygens (including phenoxy) is 3. The van der Waals surface area contributed by atoms with E-state index in [9.17, 15) is 14.7 Å². The summed E-state index contributed by atoms with van der Waals surface area (Å²) in [5.74, 6) is 0.0472. The van der Waals surface area contributed by atoms with Gasteiger partial charge < -0.3 is 23.7 Å². The molecule has 3 heterocycles. The first-order valence-electron chi connectivity index (χ1n) is 18.3. The molecule has 2 aromatic heterocycles. The zero-order chi connectivity index (χ0) is 39.0. The number of aryl methyl sites for hydroxylation is 1. The summed E-state index contributed by atoms with van der Waals surface area (Å²) in [6.45, 7) is 16.1. The van der Waals surface area contributed by atoms with Crippen LogP contribution < -0.4 is 15.6 Å². The number of aromatic amines is 1. The molecule has 54 heavy (non-hydrogen) atoms. The van der Waals surface area contributed by atoms with E-state index in [1.165, 1.54) is 6.33 Å². The van der Waals surface area contributed by atoms with E-state index < -0.39 is 44.0 Å². The molecule has 0 radical (unpaired) electrons. The number of nitrogens with zero attached hydrogens (tertiary/aromatic N) is 3. The summed E-state index contributed by atoms with van der Waals surface area (Å²) in [7, 11) is -0.893. The van der Waals surface area contributed by atoms with Gasteiger partial charge in [0.1, 0.15) is 29.7 Å². The van der Waals surface area contributed by atoms with E-state index in [1.807, 2.05) is 61.5 Å². The molecule has 0 aliphatic carbocycles. The fourth-order valence-corrected chi connectivity index (χ4v) is 7.69. The summed E-state index contributed by atoms with van der Waals surface area (Å²) in [5, 5.41) is 14.7. The summed E-state index contributed by atoms with van der Waals surface area (Å²) < 4.78 is 27.9. The first-order chi connectivity index (χ1) is 25.6. The van der Waals surface area contributed by atoms with Gasteiger partial charge in [0.2, 0.25) is 11.9 Å². The van der Waals surface area contributed by atoms with Crippen molar-refractivity contribution in [1.82, 2.24) is 19.5 Å². The Bertz CT molecular complexity index is 2130. The highest BCUT2D eigenvalue weighted by Crippen LogP contribution is 2.45. The molecular weight excluding hydrogens is 703 g/mol. The predicted molar refractivity (Wildman–Crippen MR) is 210 cm³/mol. The topological polar surface area (TPSA) is 150 Å². The van der Waals surface area contributed by atoms with E-state index in [0.29, 0.717) is 5.75 Å². The number of aromatic nitrogens is 4. The Morgan fingerprint density at radius 1 is 1.00 bits per heavy atom. The zero-order valence-corrected chi connectivity index (χ0v) is 33.4. The molecule has 1 aliphatic heterocycles. The van der Waals surface area contributed by atoms with Crippen LogP contribution in [0.3, 0.4) is 0 Å². The molecule has 0 bridgehead atoms. The van der Waals surface area contributed by atoms with Crippen LogP contribution in [0.5, 0.6) is 5.75 Å². The van der Waals surface area contributed by atoms with E-state index in [2.05, 4.69) is 78.4 Å². The van der Waals surface area contributed by atoms with Crippen LogP contribution in [-0.4, -0.2) is 70.9 Å². The molecule has 1 saturated heterocycles. The Morgan fingerprint density at radius 3 is 2.20 bits per heavy atom. The number of imidazole rings is 1. The molecule has 3 N–H and O–H groups in total. The third-order valence-corrected chi connectivity index (χ3v) is 15.1. The van der Waals surface area contributed by atoms with Crippen molar-refractivity contribution in [2.24, 2.45) is 5.92 Å². The van der Waals surface area contributed by atoms with Gasteiger partial charge in [-0.05, 0) is 53.9 Å². The first-order valence-corrected chi connectivity index (χ1v) is 21.2. The monoisotopic (exact) mass is 753 g/mol. The first kappa shape index (κ1) is 39.0. The molecule has 0 saturated carbocycles. The lowest BCUT2D eigenvalue weighted by molar-refractivity contribution is -0.118. The van der Waals surface area contributed by atoms with Gasteiger partial charge in [0.25, 0.3) is 5.56 Å². The second-order valence-corrected chi connectivity index (χ2v) is 20.5. The van der Waals surface area contributed by atoms with Gasteiger partial charge in [-0.25, -0.2) is 4.98 Å². The van der Waals surface area contributed by atoms with Crippen LogP contribution in [0.1, 0.15) is 63.1 Å². The number of benzene rings is 3. The highest BCUT2D eigenvalue weighted by molar-refractivity contribution is 6.74. The number of methoxy groups -OCH3 is 1. The van der Waals surface area contributed by atoms with Crippen LogP contribution in [0.2, 0.25) is 18.1 Å². The molecule has 13 heteroatoms. The number of aliphatic hydroxyl groups is 1. The lowest BCUT2D eigenvalue weighted by atomic mass is 9.79. The van der Waals surface area contributed by atoms with Crippen LogP contribution in [0.15, 0.2) is 90.0 Å². The molecule has 6 rings (SSSR count). The lowest BCUT2D eigenvalue weighted by Gasteiger charge is -2.40. The van der Waals surface area contributed by atoms with E-state index in [0.717, 1.165) is 22.3 Å². The number of amides is 1. The maximum Gasteiger partial charge on any atom is 0.280 e. The maximum absolute atomic E-state index is 13.2. The van der Waals surface area contributed by atoms with Gasteiger partial charge >= 0.3 is 0 Å². The molecule has 1 amide bonds. The van der Waals surface area contributed by atoms with Gasteiger partial charge in [-0.3, -0.25) is 24.5 Å². The van der Waals surface area contributed by atoms with Gasteiger partial charge in [-0.2, -0.15) is 4.98 Å². The third kappa shape index (κ3) is 7.51. The molecular formula is C41H51N5O7Si. The fourth-order valence-electron chi connectivity index (χ4n) is 6.40. The van der Waals surface area contributed by atoms with Gasteiger partial charge in [-0.1, -0.05) is 107 Å². The van der Waals surface area contributed by atoms with Gasteiger partial charge in [0.15, 0.2) is 25.7 Å². The molecule has 286 valence electrons. The van der Waals surface area contributed by atoms with E-state index in [4.69, 9.17) is 18.6 Å². The molecule has 1 aliphatic rings. The maximum atomic E-state index is 13.2. The van der Waals surface area contributed by atoms with Crippen molar-refractivity contribution < 1.29 is 28.5 Å². The van der Waals surface area contributed by atoms with Gasteiger partial charge in [0, 0.05) is 5.92 Å². The molecule has 1 fully saturated rings. The largest absolute Gasteiger partial charge is 0.497 e. The molecule has 0 spiro atoms. The van der Waals surface area contributed by atoms with Crippen molar-refractivity contribution >= 4 is 31.3 Å². The Balaban J connectivity index is 1.44. The fraction of sp³-hybridized carbons (Fsp3) is 0.415. The van der Waals surface area contributed by atoms with Crippen molar-refractivity contribution in [1.29, 1.82) is 0 Å². The number of H-pyrrole nitrogens is 1. The number of nitrogens with one attached hydrogen (secondary N) is 2. The van der Waals surface area contributed by atoms with Crippen molar-refractivity contribution in [3.05, 3.63) is 118 Å². The minimum atomic E-state index is -2.52. The quantitative estimate of drug-likeness (QED) is 0.0936. The van der Waals surface area contributed by atoms with Crippen molar-refractivity contribution in [3.63, 3.8) is 0 Å². The van der Waals surface area contributed by atoms with E-state index in [1.54, 1.807) is 25.5 Å². The number of anilines is 1. The number of fused-ring (bicyclic) bond motifs is 1. The number of hydrogen-bond donors (Lipinski definition) is 3. The normalized spacial score (nSPS) is 20.3. The third-order valence-electron chi connectivity index (χ3n) is 10.6. The van der Waals surface area contributed by atoms with E-state index in [-0.39, 0.29) is 40.6 Å². The van der Waals surface area contributed by atoms with E-state index >= 15 is 0 Å². The molecule has 5 atom stereocenters. The van der Waals surface area contributed by atoms with Crippen LogP contribution in [0.4, 0.5) is 5.95 Å². The average Bonchev–Trinajstić information content (AvgIpc) is 3.69. The smallest absolute Gasteiger partial charge is 0.280 e. The SMILES string of the molecule is COc1ccc(C(OC[C@H]2O[C@@H](n3cnc4c(=O)[nH]c(NC(=O)C(C)C)nc43)[C@@H](O[Si](C)(C)C(C)(C)C)C2O)(c2ccccc2)c2ccc(C)cc2)cc1. The second-order valence-electron chi connectivity index (χ2n) is 15.7. The number of hydrogen-bond acceptors (Lipinski definition) is 9. The molecule has 3 aromatic carbocycles. The Hall–Kier alpha value is -4.66. The Kier molecular flexibility index (Phi) is 11.0. The predicted octanol–water partition coefficient (Wildman–Crippen LogP) is 6.69. The second kappa shape index (κ2) is 15.2. The van der Waals surface area contributed by atoms with Crippen molar-refractivity contribution in [3.8, 4) is 5.75 Å². The Morgan fingerprint density at radius 2 is 1.61 bits per heavy atom. The standard InChI is InChI=1S/C41H51N5O7Si/c1-25(2)36(48)44-39-43-35-32(37(49)45-39)42-24-46(35)38-34(53-54(8,9)40(4,5)6)33(47)31(52-38)23-51-41(27-13-11-10-12-14-27,28-17-15-26(3)16-18-28)29-19-21-30(50-7)22-20-29/h10-22,24-25,31,33-34,38,47H,23H2,1-9H3,(H2,43,44,45,48,49)/t31-,33?,34+,38-,41?/m1/s1. The van der Waals surface area contributed by atoms with Crippen molar-refractivity contribution in [2.75, 3.05) is 19.0 Å². The average molecular weight is 754 g/mol. The molecule has 2 unspecified atom stereocenters. The summed E-state index contributed by atoms with van der Waals surface area (Å²) in [4.78, 5) is 37.3. The van der Waals surface area contributed by atoms with Crippen LogP contribution in [0, 0.1) is 12.8 Å². The van der Waals surface area contributed by atoms with Crippen LogP contribution in [-0.2, 0) is 24.3 Å². The van der Waals surface area contributed by atoms with Crippen LogP contribution >= 0.6 is 0 Å². The minimum Gasteiger partial charge on any atom is -0.497 e. The summed E-state index contributed by atoms with van der Waals surface area (Å²) in [5.41, 5.74) is 2.34. The number of carbonyl (C=O) groups is 1. The minimum absolute atomic E-state index is 0.0153. The molecule has 5 aromatic rings. The summed E-state index contributed by atoms with van der Waals surface area (Å²) in [6, 6.07) is 26.0. The summed E-state index contributed by atoms with van der Waals surface area (Å²) >= 11 is 0.